The van der Waals surface area contributed by atoms with E-state index in [1.165, 1.54) is 0 Å². The van der Waals surface area contributed by atoms with E-state index in [0.29, 0.717) is 32.2 Å². The number of hydrogen-bond donors (Lipinski definition) is 2. The minimum absolute atomic E-state index is 0.370. The van der Waals surface area contributed by atoms with Crippen LogP contribution in [0.25, 0.3) is 0 Å². The molecule has 0 saturated carbocycles. The van der Waals surface area contributed by atoms with E-state index >= 15 is 0 Å². The van der Waals surface area contributed by atoms with Crippen LogP contribution >= 0.6 is 0 Å². The maximum absolute atomic E-state index is 9.63. The molecule has 0 aliphatic heterocycles. The van der Waals surface area contributed by atoms with E-state index in [1.54, 1.807) is 10.9 Å². The second-order valence-corrected chi connectivity index (χ2v) is 4.56. The van der Waals surface area contributed by atoms with Gasteiger partial charge in [-0.2, -0.15) is 0 Å². The summed E-state index contributed by atoms with van der Waals surface area (Å²) >= 11 is 0. The highest BCUT2D eigenvalue weighted by molar-refractivity contribution is 4.92. The summed E-state index contributed by atoms with van der Waals surface area (Å²) in [4.78, 5) is 0. The van der Waals surface area contributed by atoms with E-state index in [1.807, 2.05) is 7.05 Å². The van der Waals surface area contributed by atoms with Crippen molar-refractivity contribution in [3.8, 4) is 0 Å². The largest absolute Gasteiger partial charge is 0.389 e. The van der Waals surface area contributed by atoms with Crippen molar-refractivity contribution in [2.45, 2.75) is 26.5 Å². The Kier molecular flexibility index (Phi) is 6.10. The Labute approximate surface area is 102 Å². The lowest BCUT2D eigenvalue weighted by molar-refractivity contribution is 0.0260. The van der Waals surface area contributed by atoms with E-state index in [9.17, 15) is 5.11 Å². The van der Waals surface area contributed by atoms with E-state index in [2.05, 4.69) is 29.5 Å². The van der Waals surface area contributed by atoms with Crippen molar-refractivity contribution < 1.29 is 9.84 Å². The second-order valence-electron chi connectivity index (χ2n) is 4.56. The molecular weight excluding hydrogens is 220 g/mol. The normalized spacial score (nSPS) is 13.2. The molecule has 0 bridgehead atoms. The van der Waals surface area contributed by atoms with Crippen molar-refractivity contribution in [1.29, 1.82) is 0 Å². The number of aromatic nitrogens is 3. The summed E-state index contributed by atoms with van der Waals surface area (Å²) in [5.74, 6) is 0.496. The van der Waals surface area contributed by atoms with Crippen LogP contribution in [0.1, 0.15) is 19.5 Å². The summed E-state index contributed by atoms with van der Waals surface area (Å²) in [7, 11) is 1.84. The molecule has 0 aliphatic rings. The van der Waals surface area contributed by atoms with Gasteiger partial charge in [-0.1, -0.05) is 19.1 Å². The quantitative estimate of drug-likeness (QED) is 0.668. The molecular formula is C11H22N4O2. The van der Waals surface area contributed by atoms with Crippen LogP contribution in [0, 0.1) is 5.92 Å². The van der Waals surface area contributed by atoms with Gasteiger partial charge in [-0.3, -0.25) is 4.68 Å². The first kappa shape index (κ1) is 14.1. The van der Waals surface area contributed by atoms with Gasteiger partial charge in [-0.25, -0.2) is 0 Å². The molecule has 0 amide bonds. The number of hydrogen-bond acceptors (Lipinski definition) is 5. The number of nitrogens with one attached hydrogen (secondary N) is 1. The predicted molar refractivity (Wildman–Crippen MR) is 64.4 cm³/mol. The number of aliphatic hydroxyl groups is 1. The standard InChI is InChI=1S/C11H22N4O2/c1-9(2)7-17-8-11(16)6-12-4-10-5-13-14-15(10)3/h5,9,11-12,16H,4,6-8H2,1-3H3. The van der Waals surface area contributed by atoms with Crippen molar-refractivity contribution in [3.05, 3.63) is 11.9 Å². The van der Waals surface area contributed by atoms with Gasteiger partial charge in [0.1, 0.15) is 0 Å². The summed E-state index contributed by atoms with van der Waals surface area (Å²) in [5.41, 5.74) is 0.986. The van der Waals surface area contributed by atoms with Gasteiger partial charge in [-0.15, -0.1) is 5.10 Å². The van der Waals surface area contributed by atoms with Crippen molar-refractivity contribution in [2.75, 3.05) is 19.8 Å². The van der Waals surface area contributed by atoms with E-state index in [0.717, 1.165) is 5.69 Å². The third kappa shape index (κ3) is 5.76. The molecule has 98 valence electrons. The molecule has 2 N–H and O–H groups in total. The molecule has 0 radical (unpaired) electrons. The second kappa shape index (κ2) is 7.37. The summed E-state index contributed by atoms with van der Waals surface area (Å²) in [6.45, 7) is 6.37. The Hall–Kier alpha value is -0.980. The molecule has 0 aliphatic carbocycles. The monoisotopic (exact) mass is 242 g/mol. The smallest absolute Gasteiger partial charge is 0.0897 e. The first-order chi connectivity index (χ1) is 8.09. The molecule has 1 unspecified atom stereocenters. The van der Waals surface area contributed by atoms with Crippen LogP contribution in [0.3, 0.4) is 0 Å². The van der Waals surface area contributed by atoms with Crippen molar-refractivity contribution >= 4 is 0 Å². The fourth-order valence-electron chi connectivity index (χ4n) is 1.34. The van der Waals surface area contributed by atoms with Gasteiger partial charge < -0.3 is 15.2 Å². The molecule has 6 heteroatoms. The topological polar surface area (TPSA) is 72.2 Å². The molecule has 1 atom stereocenters. The number of nitrogens with zero attached hydrogens (tertiary/aromatic N) is 3. The maximum Gasteiger partial charge on any atom is 0.0897 e. The molecule has 1 heterocycles. The average Bonchev–Trinajstić information content (AvgIpc) is 2.64. The van der Waals surface area contributed by atoms with Crippen LogP contribution in [-0.4, -0.2) is 46.0 Å². The minimum atomic E-state index is -0.477. The van der Waals surface area contributed by atoms with Gasteiger partial charge in [0.15, 0.2) is 0 Å². The Morgan fingerprint density at radius 2 is 2.24 bits per heavy atom. The zero-order valence-electron chi connectivity index (χ0n) is 10.8. The number of rotatable bonds is 8. The number of aryl methyl sites for hydroxylation is 1. The molecule has 1 aromatic rings. The third-order valence-electron chi connectivity index (χ3n) is 2.26. The minimum Gasteiger partial charge on any atom is -0.389 e. The van der Waals surface area contributed by atoms with Gasteiger partial charge in [-0.05, 0) is 5.92 Å². The predicted octanol–water partition coefficient (Wildman–Crippen LogP) is -0.0618. The van der Waals surface area contributed by atoms with Crippen molar-refractivity contribution in [3.63, 3.8) is 0 Å². The van der Waals surface area contributed by atoms with Gasteiger partial charge in [0.25, 0.3) is 0 Å². The highest BCUT2D eigenvalue weighted by Crippen LogP contribution is 1.95. The van der Waals surface area contributed by atoms with E-state index in [4.69, 9.17) is 4.74 Å². The Balaban J connectivity index is 2.08. The number of aliphatic hydroxyl groups excluding tert-OH is 1. The Bertz CT molecular complexity index is 314. The molecule has 1 rings (SSSR count). The highest BCUT2D eigenvalue weighted by atomic mass is 16.5. The Morgan fingerprint density at radius 1 is 1.47 bits per heavy atom. The fourth-order valence-corrected chi connectivity index (χ4v) is 1.34. The van der Waals surface area contributed by atoms with Gasteiger partial charge in [0, 0.05) is 26.7 Å². The average molecular weight is 242 g/mol. The first-order valence-electron chi connectivity index (χ1n) is 5.89. The molecule has 0 aromatic carbocycles. The van der Waals surface area contributed by atoms with Crippen LogP contribution in [0.2, 0.25) is 0 Å². The summed E-state index contributed by atoms with van der Waals surface area (Å²) in [6, 6.07) is 0. The van der Waals surface area contributed by atoms with Gasteiger partial charge in [0.05, 0.1) is 24.6 Å². The maximum atomic E-state index is 9.63. The SMILES string of the molecule is CC(C)COCC(O)CNCc1cnnn1C. The summed E-state index contributed by atoms with van der Waals surface area (Å²) < 4.78 is 7.05. The number of ether oxygens (including phenoxy) is 1. The third-order valence-corrected chi connectivity index (χ3v) is 2.26. The lowest BCUT2D eigenvalue weighted by Gasteiger charge is -2.13. The molecule has 0 fully saturated rings. The molecule has 1 aromatic heterocycles. The first-order valence-corrected chi connectivity index (χ1v) is 5.89. The lowest BCUT2D eigenvalue weighted by Crippen LogP contribution is -2.31. The fraction of sp³-hybridized carbons (Fsp3) is 0.818. The van der Waals surface area contributed by atoms with Gasteiger partial charge in [0.2, 0.25) is 0 Å². The zero-order valence-corrected chi connectivity index (χ0v) is 10.8. The van der Waals surface area contributed by atoms with Crippen LogP contribution in [-0.2, 0) is 18.3 Å². The summed E-state index contributed by atoms with van der Waals surface area (Å²) in [6.07, 6.45) is 1.23. The summed E-state index contributed by atoms with van der Waals surface area (Å²) in [5, 5.41) is 20.4. The van der Waals surface area contributed by atoms with E-state index < -0.39 is 6.10 Å². The van der Waals surface area contributed by atoms with E-state index in [-0.39, 0.29) is 0 Å². The van der Waals surface area contributed by atoms with Gasteiger partial charge >= 0.3 is 0 Å². The molecule has 0 saturated heterocycles. The van der Waals surface area contributed by atoms with Crippen LogP contribution in [0.5, 0.6) is 0 Å². The highest BCUT2D eigenvalue weighted by Gasteiger charge is 2.05. The Morgan fingerprint density at radius 3 is 2.82 bits per heavy atom. The van der Waals surface area contributed by atoms with Crippen molar-refractivity contribution in [2.24, 2.45) is 13.0 Å². The molecule has 17 heavy (non-hydrogen) atoms. The van der Waals surface area contributed by atoms with Crippen LogP contribution < -0.4 is 5.32 Å². The molecule has 0 spiro atoms. The van der Waals surface area contributed by atoms with Crippen LogP contribution in [0.15, 0.2) is 6.20 Å². The van der Waals surface area contributed by atoms with Crippen molar-refractivity contribution in [1.82, 2.24) is 20.3 Å². The molecule has 6 nitrogen and oxygen atoms in total. The lowest BCUT2D eigenvalue weighted by atomic mass is 10.2. The zero-order chi connectivity index (χ0) is 12.7. The van der Waals surface area contributed by atoms with Crippen LogP contribution in [0.4, 0.5) is 0 Å².